The molecule has 0 heterocycles. The first-order valence-electron chi connectivity index (χ1n) is 9.85. The van der Waals surface area contributed by atoms with Crippen molar-refractivity contribution in [1.82, 2.24) is 0 Å². The van der Waals surface area contributed by atoms with E-state index in [1.54, 1.807) is 0 Å². The van der Waals surface area contributed by atoms with Crippen LogP contribution in [0.15, 0.2) is 0 Å². The third-order valence-corrected chi connectivity index (χ3v) is 5.92. The summed E-state index contributed by atoms with van der Waals surface area (Å²) in [7, 11) is 0. The molecule has 1 N–H and O–H groups in total. The molecule has 0 aliphatic heterocycles. The summed E-state index contributed by atoms with van der Waals surface area (Å²) in [4.78, 5) is 12.6. The average molecular weight is 335 g/mol. The third kappa shape index (κ3) is 4.80. The van der Waals surface area contributed by atoms with E-state index < -0.39 is 5.60 Å². The summed E-state index contributed by atoms with van der Waals surface area (Å²) in [6.45, 7) is 2.77. The molecule has 4 heteroatoms. The molecule has 2 fully saturated rings. The molecule has 2 aliphatic carbocycles. The molecule has 136 valence electrons. The van der Waals surface area contributed by atoms with E-state index in [-0.39, 0.29) is 23.7 Å². The number of hydrogen-bond acceptors (Lipinski definition) is 4. The number of rotatable bonds is 11. The van der Waals surface area contributed by atoms with Crippen LogP contribution in [-0.2, 0) is 9.53 Å². The van der Waals surface area contributed by atoms with Gasteiger partial charge in [0.15, 0.2) is 0 Å². The van der Waals surface area contributed by atoms with E-state index in [9.17, 15) is 9.90 Å². The fourth-order valence-corrected chi connectivity index (χ4v) is 4.59. The molecule has 0 aromatic carbocycles. The summed E-state index contributed by atoms with van der Waals surface area (Å²) >= 11 is 0. The minimum Gasteiger partial charge on any atom is -0.389 e. The van der Waals surface area contributed by atoms with Gasteiger partial charge in [-0.1, -0.05) is 32.6 Å². The van der Waals surface area contributed by atoms with Gasteiger partial charge in [0.2, 0.25) is 0 Å². The Bertz CT molecular complexity index is 445. The van der Waals surface area contributed by atoms with Gasteiger partial charge in [0, 0.05) is 31.8 Å². The quantitative estimate of drug-likeness (QED) is 0.576. The highest BCUT2D eigenvalue weighted by Gasteiger charge is 2.56. The summed E-state index contributed by atoms with van der Waals surface area (Å²) in [5, 5.41) is 19.7. The highest BCUT2D eigenvalue weighted by molar-refractivity contribution is 5.82. The second kappa shape index (κ2) is 9.53. The Labute approximate surface area is 146 Å². The maximum absolute atomic E-state index is 12.6. The van der Waals surface area contributed by atoms with Crippen molar-refractivity contribution in [2.75, 3.05) is 6.61 Å². The second-order valence-electron chi connectivity index (χ2n) is 7.64. The number of unbranched alkanes of at least 4 members (excludes halogenated alkanes) is 5. The fourth-order valence-electron chi connectivity index (χ4n) is 4.59. The Morgan fingerprint density at radius 2 is 2.04 bits per heavy atom. The number of aliphatic hydroxyl groups is 1. The largest absolute Gasteiger partial charge is 0.389 e. The Kier molecular flexibility index (Phi) is 7.71. The Balaban J connectivity index is 1.77. The lowest BCUT2D eigenvalue weighted by Gasteiger charge is -2.29. The van der Waals surface area contributed by atoms with Crippen LogP contribution in [0.3, 0.4) is 0 Å². The van der Waals surface area contributed by atoms with Gasteiger partial charge in [-0.25, -0.2) is 0 Å². The standard InChI is InChI=1S/C20H33NO3/c1-2-3-4-5-6-9-19(22)18-11-10-16-14-17(15-20(16,18)23)24-13-8-7-12-21/h16-18,23H,2-11,13-15H2,1H3/t16-,17+,18+,20-/m0/s1. The minimum atomic E-state index is -0.833. The summed E-state index contributed by atoms with van der Waals surface area (Å²) in [5.74, 6) is 0.301. The topological polar surface area (TPSA) is 70.3 Å². The molecule has 0 aromatic rings. The monoisotopic (exact) mass is 335 g/mol. The zero-order chi connectivity index (χ0) is 17.4. The summed E-state index contributed by atoms with van der Waals surface area (Å²) in [5.41, 5.74) is -0.833. The molecular formula is C20H33NO3. The van der Waals surface area contributed by atoms with Gasteiger partial charge >= 0.3 is 0 Å². The van der Waals surface area contributed by atoms with Crippen molar-refractivity contribution < 1.29 is 14.6 Å². The molecule has 0 aromatic heterocycles. The van der Waals surface area contributed by atoms with E-state index in [2.05, 4.69) is 13.0 Å². The molecular weight excluding hydrogens is 302 g/mol. The maximum Gasteiger partial charge on any atom is 0.138 e. The van der Waals surface area contributed by atoms with Crippen LogP contribution < -0.4 is 0 Å². The average Bonchev–Trinajstić information content (AvgIpc) is 3.03. The first-order chi connectivity index (χ1) is 11.6. The highest BCUT2D eigenvalue weighted by atomic mass is 16.5. The zero-order valence-electron chi connectivity index (χ0n) is 15.1. The van der Waals surface area contributed by atoms with Crippen molar-refractivity contribution in [2.45, 2.75) is 95.7 Å². The number of ketones is 1. The van der Waals surface area contributed by atoms with Crippen molar-refractivity contribution in [1.29, 1.82) is 5.26 Å². The number of ether oxygens (including phenoxy) is 1. The normalized spacial score (nSPS) is 31.8. The minimum absolute atomic E-state index is 0.0545. The zero-order valence-corrected chi connectivity index (χ0v) is 15.1. The van der Waals surface area contributed by atoms with Gasteiger partial charge in [-0.15, -0.1) is 0 Å². The van der Waals surface area contributed by atoms with E-state index in [0.29, 0.717) is 25.9 Å². The van der Waals surface area contributed by atoms with Gasteiger partial charge in [0.25, 0.3) is 0 Å². The van der Waals surface area contributed by atoms with Crippen LogP contribution in [-0.4, -0.2) is 29.2 Å². The molecule has 24 heavy (non-hydrogen) atoms. The van der Waals surface area contributed by atoms with Gasteiger partial charge in [-0.05, 0) is 38.0 Å². The van der Waals surface area contributed by atoms with Gasteiger partial charge in [-0.2, -0.15) is 5.26 Å². The molecule has 0 radical (unpaired) electrons. The van der Waals surface area contributed by atoms with Crippen molar-refractivity contribution in [3.8, 4) is 6.07 Å². The second-order valence-corrected chi connectivity index (χ2v) is 7.64. The van der Waals surface area contributed by atoms with Crippen molar-refractivity contribution in [3.63, 3.8) is 0 Å². The molecule has 2 saturated carbocycles. The number of hydrogen-bond donors (Lipinski definition) is 1. The van der Waals surface area contributed by atoms with Crippen LogP contribution in [0.2, 0.25) is 0 Å². The Morgan fingerprint density at radius 1 is 1.25 bits per heavy atom. The van der Waals surface area contributed by atoms with E-state index >= 15 is 0 Å². The van der Waals surface area contributed by atoms with Gasteiger partial charge < -0.3 is 9.84 Å². The van der Waals surface area contributed by atoms with E-state index in [1.807, 2.05) is 0 Å². The molecule has 4 atom stereocenters. The number of fused-ring (bicyclic) bond motifs is 1. The molecule has 2 rings (SSSR count). The molecule has 4 nitrogen and oxygen atoms in total. The van der Waals surface area contributed by atoms with Crippen LogP contribution in [0.4, 0.5) is 0 Å². The van der Waals surface area contributed by atoms with E-state index in [0.717, 1.165) is 38.5 Å². The predicted molar refractivity (Wildman–Crippen MR) is 93.4 cm³/mol. The first-order valence-corrected chi connectivity index (χ1v) is 9.85. The van der Waals surface area contributed by atoms with Gasteiger partial charge in [0.05, 0.1) is 17.8 Å². The summed E-state index contributed by atoms with van der Waals surface area (Å²) in [6, 6.07) is 2.12. The first kappa shape index (κ1) is 19.4. The molecule has 2 aliphatic rings. The third-order valence-electron chi connectivity index (χ3n) is 5.92. The SMILES string of the molecule is CCCCCCCC(=O)[C@H]1CC[C@H]2C[C@@H](OCCCC#N)C[C@]21O. The van der Waals surface area contributed by atoms with Gasteiger partial charge in [-0.3, -0.25) is 4.79 Å². The van der Waals surface area contributed by atoms with Crippen molar-refractivity contribution in [2.24, 2.45) is 11.8 Å². The van der Waals surface area contributed by atoms with Crippen molar-refractivity contribution in [3.05, 3.63) is 0 Å². The summed E-state index contributed by atoms with van der Waals surface area (Å²) < 4.78 is 5.84. The van der Waals surface area contributed by atoms with Crippen LogP contribution in [0.25, 0.3) is 0 Å². The molecule has 0 spiro atoms. The lowest BCUT2D eigenvalue weighted by Crippen LogP contribution is -2.40. The Morgan fingerprint density at radius 3 is 2.79 bits per heavy atom. The smallest absolute Gasteiger partial charge is 0.138 e. The number of nitriles is 1. The molecule has 0 bridgehead atoms. The maximum atomic E-state index is 12.6. The lowest BCUT2D eigenvalue weighted by molar-refractivity contribution is -0.132. The molecule has 0 amide bonds. The number of carbonyl (C=O) groups excluding carboxylic acids is 1. The number of Topliss-reactive ketones (excluding diaryl/α,β-unsaturated/α-hetero) is 1. The number of carbonyl (C=O) groups is 1. The predicted octanol–water partition coefficient (Wildman–Crippen LogP) is 4.16. The van der Waals surface area contributed by atoms with Crippen LogP contribution in [0.1, 0.15) is 84.0 Å². The molecule has 0 unspecified atom stereocenters. The van der Waals surface area contributed by atoms with E-state index in [1.165, 1.54) is 19.3 Å². The lowest BCUT2D eigenvalue weighted by atomic mass is 9.82. The van der Waals surface area contributed by atoms with Gasteiger partial charge in [0.1, 0.15) is 5.78 Å². The van der Waals surface area contributed by atoms with Crippen molar-refractivity contribution >= 4 is 5.78 Å². The fraction of sp³-hybridized carbons (Fsp3) is 0.900. The Hall–Kier alpha value is -0.920. The number of nitrogens with zero attached hydrogens (tertiary/aromatic N) is 1. The molecule has 0 saturated heterocycles. The van der Waals surface area contributed by atoms with Crippen LogP contribution >= 0.6 is 0 Å². The highest BCUT2D eigenvalue weighted by Crippen LogP contribution is 2.52. The van der Waals surface area contributed by atoms with Crippen LogP contribution in [0.5, 0.6) is 0 Å². The van der Waals surface area contributed by atoms with Crippen LogP contribution in [0, 0.1) is 23.2 Å². The van der Waals surface area contributed by atoms with E-state index in [4.69, 9.17) is 10.00 Å². The summed E-state index contributed by atoms with van der Waals surface area (Å²) in [6.07, 6.45) is 10.9.